The quantitative estimate of drug-likeness (QED) is 0.662. The van der Waals surface area contributed by atoms with E-state index in [1.54, 1.807) is 11.3 Å². The van der Waals surface area contributed by atoms with Crippen molar-refractivity contribution in [2.75, 3.05) is 0 Å². The minimum atomic E-state index is -0.225. The zero-order valence-corrected chi connectivity index (χ0v) is 9.05. The zero-order chi connectivity index (χ0) is 11.5. The van der Waals surface area contributed by atoms with Crippen molar-refractivity contribution in [2.24, 2.45) is 4.99 Å². The Morgan fingerprint density at radius 2 is 2.06 bits per heavy atom. The lowest BCUT2D eigenvalue weighted by molar-refractivity contribution is -0.0327. The summed E-state index contributed by atoms with van der Waals surface area (Å²) < 4.78 is 0. The molecule has 0 spiro atoms. The Kier molecular flexibility index (Phi) is 2.78. The van der Waals surface area contributed by atoms with Gasteiger partial charge in [0.25, 0.3) is 0 Å². The molecule has 0 saturated heterocycles. The fourth-order valence-electron chi connectivity index (χ4n) is 1.16. The number of nitrogens with zero attached hydrogens (tertiary/aromatic N) is 3. The van der Waals surface area contributed by atoms with Crippen molar-refractivity contribution in [3.63, 3.8) is 0 Å². The summed E-state index contributed by atoms with van der Waals surface area (Å²) in [6.45, 7) is 0.418. The molecule has 3 N–H and O–H groups in total. The van der Waals surface area contributed by atoms with Crippen LogP contribution >= 0.6 is 11.3 Å². The lowest BCUT2D eigenvalue weighted by atomic mass is 10.3. The van der Waals surface area contributed by atoms with Crippen molar-refractivity contribution in [3.05, 3.63) is 45.5 Å². The summed E-state index contributed by atoms with van der Waals surface area (Å²) in [6.07, 6.45) is 0. The normalized spacial score (nSPS) is 11.9. The van der Waals surface area contributed by atoms with Crippen LogP contribution in [0.5, 0.6) is 0 Å². The first-order valence-corrected chi connectivity index (χ1v) is 5.43. The van der Waals surface area contributed by atoms with Gasteiger partial charge in [-0.15, -0.1) is 0 Å². The molecule has 0 atom stereocenters. The topological polar surface area (TPSA) is 86.5 Å². The van der Waals surface area contributed by atoms with Crippen LogP contribution in [0.1, 0.15) is 5.56 Å². The second kappa shape index (κ2) is 4.23. The molecule has 6 nitrogen and oxygen atoms in total. The Hall–Kier alpha value is -2.02. The number of hydrogen-bond donors (Lipinski definition) is 3. The summed E-state index contributed by atoms with van der Waals surface area (Å²) in [5.74, 6) is 0. The van der Waals surface area contributed by atoms with E-state index in [2.05, 4.69) is 4.99 Å². The molecule has 0 saturated carbocycles. The van der Waals surface area contributed by atoms with E-state index in [-0.39, 0.29) is 11.0 Å². The molecule has 0 aromatic carbocycles. The number of rotatable bonds is 2. The van der Waals surface area contributed by atoms with Gasteiger partial charge in [-0.25, -0.2) is 0 Å². The van der Waals surface area contributed by atoms with Crippen LogP contribution in [0.4, 0.5) is 0 Å². The van der Waals surface area contributed by atoms with Crippen LogP contribution in [0, 0.1) is 5.41 Å². The molecule has 2 heterocycles. The predicted molar refractivity (Wildman–Crippen MR) is 56.2 cm³/mol. The van der Waals surface area contributed by atoms with E-state index in [0.29, 0.717) is 16.2 Å². The molecule has 0 aliphatic rings. The smallest absolute Gasteiger partial charge is 0.187 e. The van der Waals surface area contributed by atoms with Crippen LogP contribution in [0.2, 0.25) is 0 Å². The third kappa shape index (κ3) is 1.98. The summed E-state index contributed by atoms with van der Waals surface area (Å²) in [7, 11) is 0. The van der Waals surface area contributed by atoms with Gasteiger partial charge in [0.1, 0.15) is 0 Å². The van der Waals surface area contributed by atoms with E-state index in [4.69, 9.17) is 5.41 Å². The Labute approximate surface area is 94.4 Å². The van der Waals surface area contributed by atoms with Gasteiger partial charge in [-0.1, -0.05) is 9.69 Å². The number of aromatic nitrogens is 2. The standard InChI is InChI=1S/C9H10N4O2S/c10-8-1-2-9(13(15)12(8)14)11-5-7-3-4-16-6-7/h1-4,6,10,14-15H,5H2. The molecule has 7 heteroatoms. The average Bonchev–Trinajstić information content (AvgIpc) is 2.78. The molecule has 0 aliphatic heterocycles. The lowest BCUT2D eigenvalue weighted by Crippen LogP contribution is -2.35. The monoisotopic (exact) mass is 238 g/mol. The molecule has 0 amide bonds. The molecule has 0 bridgehead atoms. The first-order valence-electron chi connectivity index (χ1n) is 4.48. The van der Waals surface area contributed by atoms with Gasteiger partial charge in [0.2, 0.25) is 0 Å². The Morgan fingerprint density at radius 1 is 1.25 bits per heavy atom. The highest BCUT2D eigenvalue weighted by Crippen LogP contribution is 2.06. The summed E-state index contributed by atoms with van der Waals surface area (Å²) in [6, 6.07) is 4.74. The van der Waals surface area contributed by atoms with Gasteiger partial charge in [0, 0.05) is 0 Å². The van der Waals surface area contributed by atoms with Crippen LogP contribution in [0.3, 0.4) is 0 Å². The highest BCUT2D eigenvalue weighted by molar-refractivity contribution is 7.07. The molecule has 2 aromatic rings. The van der Waals surface area contributed by atoms with Gasteiger partial charge in [-0.3, -0.25) is 10.4 Å². The summed E-state index contributed by atoms with van der Waals surface area (Å²) in [5, 5.41) is 29.8. The maximum atomic E-state index is 9.43. The predicted octanol–water partition coefficient (Wildman–Crippen LogP) is 0.406. The van der Waals surface area contributed by atoms with E-state index >= 15 is 0 Å². The first kappa shape index (κ1) is 10.5. The van der Waals surface area contributed by atoms with Crippen LogP contribution in [-0.4, -0.2) is 20.1 Å². The Balaban J connectivity index is 2.38. The first-order chi connectivity index (χ1) is 7.68. The third-order valence-corrected chi connectivity index (χ3v) is 2.73. The lowest BCUT2D eigenvalue weighted by Gasteiger charge is -2.03. The molecule has 0 radical (unpaired) electrons. The van der Waals surface area contributed by atoms with Gasteiger partial charge in [0.05, 0.1) is 6.54 Å². The van der Waals surface area contributed by atoms with Crippen molar-refractivity contribution in [1.29, 1.82) is 5.41 Å². The molecule has 2 aromatic heterocycles. The van der Waals surface area contributed by atoms with Crippen LogP contribution in [0.15, 0.2) is 34.0 Å². The number of thiophene rings is 1. The molecule has 16 heavy (non-hydrogen) atoms. The van der Waals surface area contributed by atoms with E-state index in [1.165, 1.54) is 12.1 Å². The molecule has 0 aliphatic carbocycles. The van der Waals surface area contributed by atoms with E-state index in [9.17, 15) is 10.4 Å². The molecule has 2 rings (SSSR count). The summed E-state index contributed by atoms with van der Waals surface area (Å²) in [5.41, 5.74) is 0.992. The third-order valence-electron chi connectivity index (χ3n) is 1.99. The van der Waals surface area contributed by atoms with E-state index in [1.807, 2.05) is 16.8 Å². The van der Waals surface area contributed by atoms with Crippen molar-refractivity contribution < 1.29 is 10.4 Å². The van der Waals surface area contributed by atoms with Crippen LogP contribution < -0.4 is 11.0 Å². The van der Waals surface area contributed by atoms with Crippen molar-refractivity contribution in [1.82, 2.24) is 9.69 Å². The second-order valence-corrected chi connectivity index (χ2v) is 3.88. The summed E-state index contributed by atoms with van der Waals surface area (Å²) >= 11 is 1.57. The minimum absolute atomic E-state index is 0.185. The highest BCUT2D eigenvalue weighted by atomic mass is 32.1. The van der Waals surface area contributed by atoms with Gasteiger partial charge < -0.3 is 10.4 Å². The average molecular weight is 238 g/mol. The molecule has 84 valence electrons. The molecule has 0 unspecified atom stereocenters. The highest BCUT2D eigenvalue weighted by Gasteiger charge is 1.97. The molecule has 0 fully saturated rings. The van der Waals surface area contributed by atoms with Gasteiger partial charge in [-0.05, 0) is 34.5 Å². The number of nitrogens with one attached hydrogen (secondary N) is 1. The second-order valence-electron chi connectivity index (χ2n) is 3.10. The molecular formula is C9H10N4O2S. The van der Waals surface area contributed by atoms with Crippen molar-refractivity contribution in [2.45, 2.75) is 6.54 Å². The Morgan fingerprint density at radius 3 is 2.75 bits per heavy atom. The van der Waals surface area contributed by atoms with Crippen LogP contribution in [0.25, 0.3) is 0 Å². The fourth-order valence-corrected chi connectivity index (χ4v) is 1.82. The van der Waals surface area contributed by atoms with Gasteiger partial charge in [0.15, 0.2) is 11.0 Å². The van der Waals surface area contributed by atoms with Crippen molar-refractivity contribution >= 4 is 11.3 Å². The fraction of sp³-hybridized carbons (Fsp3) is 0.111. The maximum Gasteiger partial charge on any atom is 0.187 e. The number of hydrogen-bond acceptors (Lipinski definition) is 5. The zero-order valence-electron chi connectivity index (χ0n) is 8.24. The molecular weight excluding hydrogens is 228 g/mol. The minimum Gasteiger partial charge on any atom is -0.409 e. The van der Waals surface area contributed by atoms with Crippen LogP contribution in [-0.2, 0) is 6.54 Å². The van der Waals surface area contributed by atoms with E-state index < -0.39 is 0 Å². The van der Waals surface area contributed by atoms with E-state index in [0.717, 1.165) is 5.56 Å². The Bertz CT molecular complexity index is 597. The maximum absolute atomic E-state index is 9.43. The van der Waals surface area contributed by atoms with Gasteiger partial charge in [-0.2, -0.15) is 11.3 Å². The SMILES string of the molecule is N=c1ccc(=NCc2ccsc2)n(O)n1O. The summed E-state index contributed by atoms with van der Waals surface area (Å²) in [4.78, 5) is 4.84. The van der Waals surface area contributed by atoms with Crippen molar-refractivity contribution in [3.8, 4) is 0 Å². The van der Waals surface area contributed by atoms with Gasteiger partial charge >= 0.3 is 0 Å². The largest absolute Gasteiger partial charge is 0.409 e.